The molecule has 0 aliphatic carbocycles. The number of hydrogen-bond acceptors (Lipinski definition) is 3. The van der Waals surface area contributed by atoms with Crippen molar-refractivity contribution in [3.05, 3.63) is 33.9 Å². The first-order chi connectivity index (χ1) is 7.60. The highest BCUT2D eigenvalue weighted by molar-refractivity contribution is 9.10. The molecule has 0 spiro atoms. The van der Waals surface area contributed by atoms with Crippen molar-refractivity contribution < 1.29 is 0 Å². The van der Waals surface area contributed by atoms with Gasteiger partial charge in [0.15, 0.2) is 5.82 Å². The van der Waals surface area contributed by atoms with Crippen LogP contribution in [0.5, 0.6) is 0 Å². The van der Waals surface area contributed by atoms with Crippen LogP contribution in [-0.2, 0) is 6.42 Å². The van der Waals surface area contributed by atoms with Crippen molar-refractivity contribution in [3.63, 3.8) is 0 Å². The van der Waals surface area contributed by atoms with Gasteiger partial charge in [0.25, 0.3) is 0 Å². The van der Waals surface area contributed by atoms with Gasteiger partial charge in [-0.2, -0.15) is 5.10 Å². The molecule has 5 heteroatoms. The lowest BCUT2D eigenvalue weighted by Gasteiger charge is -2.05. The van der Waals surface area contributed by atoms with Crippen molar-refractivity contribution in [2.24, 2.45) is 0 Å². The Morgan fingerprint density at radius 2 is 2.00 bits per heavy atom. The smallest absolute Gasteiger partial charge is 0.158 e. The Kier molecular flexibility index (Phi) is 3.05. The Bertz CT molecular complexity index is 519. The van der Waals surface area contributed by atoms with Gasteiger partial charge in [0.05, 0.1) is 5.69 Å². The van der Waals surface area contributed by atoms with Gasteiger partial charge in [-0.1, -0.05) is 6.92 Å². The van der Waals surface area contributed by atoms with Crippen LogP contribution in [0.2, 0.25) is 0 Å². The topological polar surface area (TPSA) is 43.6 Å². The average molecular weight is 281 g/mol. The molecule has 16 heavy (non-hydrogen) atoms. The minimum absolute atomic E-state index is 0.793. The number of nitrogens with zero attached hydrogens (tertiary/aromatic N) is 4. The highest BCUT2D eigenvalue weighted by atomic mass is 79.9. The minimum Gasteiger partial charge on any atom is -0.226 e. The lowest BCUT2D eigenvalue weighted by molar-refractivity contribution is 0.779. The van der Waals surface area contributed by atoms with E-state index in [4.69, 9.17) is 0 Å². The summed E-state index contributed by atoms with van der Waals surface area (Å²) >= 11 is 3.39. The van der Waals surface area contributed by atoms with E-state index >= 15 is 0 Å². The summed E-state index contributed by atoms with van der Waals surface area (Å²) in [5, 5.41) is 4.40. The van der Waals surface area contributed by atoms with E-state index in [2.05, 4.69) is 31.0 Å². The summed E-state index contributed by atoms with van der Waals surface area (Å²) in [6.07, 6.45) is 0.811. The summed E-state index contributed by atoms with van der Waals surface area (Å²) in [7, 11) is 0. The van der Waals surface area contributed by atoms with E-state index in [1.165, 1.54) is 0 Å². The largest absolute Gasteiger partial charge is 0.226 e. The third kappa shape index (κ3) is 2.14. The average Bonchev–Trinajstić information content (AvgIpc) is 2.57. The van der Waals surface area contributed by atoms with Crippen LogP contribution in [-0.4, -0.2) is 19.7 Å². The highest BCUT2D eigenvalue weighted by Crippen LogP contribution is 2.14. The van der Waals surface area contributed by atoms with Crippen LogP contribution in [0.25, 0.3) is 5.82 Å². The van der Waals surface area contributed by atoms with E-state index in [-0.39, 0.29) is 0 Å². The lowest BCUT2D eigenvalue weighted by Crippen LogP contribution is -2.05. The number of halogens is 1. The van der Waals surface area contributed by atoms with Crippen LogP contribution >= 0.6 is 15.9 Å². The maximum Gasteiger partial charge on any atom is 0.158 e. The molecule has 0 fully saturated rings. The molecular weight excluding hydrogens is 268 g/mol. The summed E-state index contributed by atoms with van der Waals surface area (Å²) in [5.74, 6) is 1.63. The quantitative estimate of drug-likeness (QED) is 0.795. The summed E-state index contributed by atoms with van der Waals surface area (Å²) in [4.78, 5) is 8.73. The monoisotopic (exact) mass is 280 g/mol. The van der Waals surface area contributed by atoms with Crippen molar-refractivity contribution in [2.75, 3.05) is 0 Å². The van der Waals surface area contributed by atoms with Gasteiger partial charge in [0.2, 0.25) is 0 Å². The predicted molar refractivity (Wildman–Crippen MR) is 65.7 cm³/mol. The zero-order valence-corrected chi connectivity index (χ0v) is 11.1. The zero-order valence-electron chi connectivity index (χ0n) is 9.53. The molecule has 2 aromatic rings. The normalized spacial score (nSPS) is 10.8. The van der Waals surface area contributed by atoms with Crippen LogP contribution in [0, 0.1) is 13.8 Å². The molecule has 2 heterocycles. The summed E-state index contributed by atoms with van der Waals surface area (Å²) in [6, 6.07) is 3.90. The van der Waals surface area contributed by atoms with Gasteiger partial charge >= 0.3 is 0 Å². The van der Waals surface area contributed by atoms with E-state index in [0.717, 1.165) is 34.1 Å². The van der Waals surface area contributed by atoms with Crippen LogP contribution in [0.3, 0.4) is 0 Å². The third-order valence-electron chi connectivity index (χ3n) is 2.27. The first kappa shape index (κ1) is 11.3. The predicted octanol–water partition coefficient (Wildman–Crippen LogP) is 2.60. The molecule has 2 aromatic heterocycles. The van der Waals surface area contributed by atoms with Gasteiger partial charge in [-0.3, -0.25) is 0 Å². The second kappa shape index (κ2) is 4.33. The molecule has 84 valence electrons. The summed E-state index contributed by atoms with van der Waals surface area (Å²) < 4.78 is 2.63. The molecule has 0 aromatic carbocycles. The second-order valence-corrected chi connectivity index (χ2v) is 4.47. The number of aryl methyl sites for hydroxylation is 3. The number of hydrogen-bond donors (Lipinski definition) is 0. The molecule has 0 bridgehead atoms. The van der Waals surface area contributed by atoms with Crippen LogP contribution in [0.1, 0.15) is 24.1 Å². The first-order valence-corrected chi connectivity index (χ1v) is 5.96. The van der Waals surface area contributed by atoms with E-state index in [0.29, 0.717) is 0 Å². The van der Waals surface area contributed by atoms with Gasteiger partial charge in [-0.05, 0) is 35.8 Å². The molecule has 2 rings (SSSR count). The number of rotatable bonds is 2. The third-order valence-corrected chi connectivity index (χ3v) is 2.68. The Morgan fingerprint density at radius 3 is 2.56 bits per heavy atom. The maximum absolute atomic E-state index is 4.46. The van der Waals surface area contributed by atoms with Gasteiger partial charge in [-0.25, -0.2) is 14.6 Å². The molecule has 4 nitrogen and oxygen atoms in total. The van der Waals surface area contributed by atoms with E-state index in [1.807, 2.05) is 37.6 Å². The van der Waals surface area contributed by atoms with Gasteiger partial charge < -0.3 is 0 Å². The lowest BCUT2D eigenvalue weighted by atomic mass is 10.4. The molecule has 0 saturated heterocycles. The van der Waals surface area contributed by atoms with E-state index in [9.17, 15) is 0 Å². The molecule has 0 N–H and O–H groups in total. The fraction of sp³-hybridized carbons (Fsp3) is 0.364. The van der Waals surface area contributed by atoms with Crippen LogP contribution in [0.4, 0.5) is 0 Å². The van der Waals surface area contributed by atoms with Crippen molar-refractivity contribution in [3.8, 4) is 5.82 Å². The fourth-order valence-electron chi connectivity index (χ4n) is 1.58. The maximum atomic E-state index is 4.46. The first-order valence-electron chi connectivity index (χ1n) is 5.17. The Morgan fingerprint density at radius 1 is 1.25 bits per heavy atom. The van der Waals surface area contributed by atoms with E-state index in [1.54, 1.807) is 0 Å². The Labute approximate surface area is 103 Å². The summed E-state index contributed by atoms with van der Waals surface area (Å²) in [5.41, 5.74) is 2.07. The van der Waals surface area contributed by atoms with Crippen LogP contribution < -0.4 is 0 Å². The molecule has 0 unspecified atom stereocenters. The molecular formula is C11H13BrN4. The van der Waals surface area contributed by atoms with Crippen molar-refractivity contribution in [2.45, 2.75) is 27.2 Å². The Balaban J connectivity index is 2.55. The molecule has 0 amide bonds. The van der Waals surface area contributed by atoms with Gasteiger partial charge in [-0.15, -0.1) is 0 Å². The molecule has 0 aliphatic heterocycles. The van der Waals surface area contributed by atoms with Gasteiger partial charge in [0, 0.05) is 18.2 Å². The van der Waals surface area contributed by atoms with Crippen molar-refractivity contribution >= 4 is 15.9 Å². The fourth-order valence-corrected chi connectivity index (χ4v) is 1.99. The van der Waals surface area contributed by atoms with Crippen molar-refractivity contribution in [1.29, 1.82) is 0 Å². The van der Waals surface area contributed by atoms with Crippen molar-refractivity contribution in [1.82, 2.24) is 19.7 Å². The van der Waals surface area contributed by atoms with Gasteiger partial charge in [0.1, 0.15) is 10.4 Å². The Hall–Kier alpha value is -1.23. The molecule has 0 radical (unpaired) electrons. The molecule has 0 atom stereocenters. The molecule has 0 saturated carbocycles. The second-order valence-electron chi connectivity index (χ2n) is 3.66. The van der Waals surface area contributed by atoms with Crippen LogP contribution in [0.15, 0.2) is 16.7 Å². The molecule has 0 aliphatic rings. The highest BCUT2D eigenvalue weighted by Gasteiger charge is 2.07. The van der Waals surface area contributed by atoms with E-state index < -0.39 is 0 Å². The minimum atomic E-state index is 0.793. The number of aromatic nitrogens is 4. The summed E-state index contributed by atoms with van der Waals surface area (Å²) in [6.45, 7) is 6.02. The SMILES string of the molecule is CCc1nc(Br)cc(-n2nc(C)cc2C)n1. The zero-order chi connectivity index (χ0) is 11.7. The standard InChI is InChI=1S/C11H13BrN4/c1-4-10-13-9(12)6-11(14-10)16-8(3)5-7(2)15-16/h5-6H,4H2,1-3H3.